The summed E-state index contributed by atoms with van der Waals surface area (Å²) in [5, 5.41) is 3.50. The van der Waals surface area contributed by atoms with Gasteiger partial charge in [0, 0.05) is 44.0 Å². The fourth-order valence-electron chi connectivity index (χ4n) is 4.49. The van der Waals surface area contributed by atoms with E-state index in [0.717, 1.165) is 36.1 Å². The van der Waals surface area contributed by atoms with Gasteiger partial charge in [0.1, 0.15) is 21.7 Å². The summed E-state index contributed by atoms with van der Waals surface area (Å²) >= 11 is 1.03. The van der Waals surface area contributed by atoms with Gasteiger partial charge < -0.3 is 10.2 Å². The van der Waals surface area contributed by atoms with Gasteiger partial charge in [0.05, 0.1) is 11.7 Å². The van der Waals surface area contributed by atoms with Gasteiger partial charge in [-0.3, -0.25) is 0 Å². The van der Waals surface area contributed by atoms with Crippen molar-refractivity contribution in [1.82, 2.24) is 23.0 Å². The summed E-state index contributed by atoms with van der Waals surface area (Å²) < 4.78 is 36.5. The lowest BCUT2D eigenvalue weighted by molar-refractivity contribution is 0.384. The van der Waals surface area contributed by atoms with Crippen molar-refractivity contribution in [1.29, 1.82) is 0 Å². The van der Waals surface area contributed by atoms with Gasteiger partial charge in [0.15, 0.2) is 0 Å². The molecule has 0 unspecified atom stereocenters. The summed E-state index contributed by atoms with van der Waals surface area (Å²) in [4.78, 5) is 11.7. The van der Waals surface area contributed by atoms with Crippen molar-refractivity contribution in [2.24, 2.45) is 0 Å². The number of fused-ring (bicyclic) bond motifs is 1. The van der Waals surface area contributed by atoms with Crippen molar-refractivity contribution >= 4 is 44.6 Å². The number of nitrogens with zero attached hydrogens (tertiary/aromatic N) is 6. The molecule has 2 aromatic heterocycles. The molecule has 2 fully saturated rings. The quantitative estimate of drug-likeness (QED) is 0.603. The third-order valence-corrected chi connectivity index (χ3v) is 8.68. The van der Waals surface area contributed by atoms with Crippen LogP contribution >= 0.6 is 11.7 Å². The van der Waals surface area contributed by atoms with Crippen LogP contribution in [0.3, 0.4) is 0 Å². The highest BCUT2D eigenvalue weighted by Gasteiger charge is 2.31. The monoisotopic (exact) mass is 473 g/mol. The molecule has 3 heterocycles. The Morgan fingerprint density at radius 3 is 2.59 bits per heavy atom. The molecule has 0 spiro atoms. The van der Waals surface area contributed by atoms with Gasteiger partial charge in [-0.2, -0.15) is 18.0 Å². The zero-order valence-corrected chi connectivity index (χ0v) is 19.7. The molecule has 32 heavy (non-hydrogen) atoms. The molecular weight excluding hydrogens is 446 g/mol. The first-order valence-electron chi connectivity index (χ1n) is 11.1. The van der Waals surface area contributed by atoms with E-state index in [-0.39, 0.29) is 4.90 Å². The molecule has 170 valence electrons. The molecule has 0 radical (unpaired) electrons. The van der Waals surface area contributed by atoms with Crippen LogP contribution in [0, 0.1) is 6.92 Å². The van der Waals surface area contributed by atoms with Gasteiger partial charge >= 0.3 is 0 Å². The molecule has 1 aliphatic carbocycles. The fraction of sp³-hybridized carbons (Fsp3) is 0.524. The van der Waals surface area contributed by atoms with Crippen LogP contribution in [0.1, 0.15) is 37.8 Å². The summed E-state index contributed by atoms with van der Waals surface area (Å²) in [6, 6.07) is 7.52. The van der Waals surface area contributed by atoms with Crippen LogP contribution in [0.4, 0.5) is 11.8 Å². The van der Waals surface area contributed by atoms with Crippen LogP contribution in [0.15, 0.2) is 29.2 Å². The van der Waals surface area contributed by atoms with E-state index in [2.05, 4.69) is 23.9 Å². The fourth-order valence-corrected chi connectivity index (χ4v) is 6.67. The van der Waals surface area contributed by atoms with E-state index < -0.39 is 10.0 Å². The van der Waals surface area contributed by atoms with E-state index in [4.69, 9.17) is 4.98 Å². The van der Waals surface area contributed by atoms with Gasteiger partial charge in [-0.1, -0.05) is 25.3 Å². The van der Waals surface area contributed by atoms with Crippen LogP contribution < -0.4 is 10.2 Å². The van der Waals surface area contributed by atoms with Gasteiger partial charge in [0.25, 0.3) is 0 Å². The van der Waals surface area contributed by atoms with Crippen LogP contribution in [-0.2, 0) is 10.0 Å². The molecule has 0 bridgehead atoms. The number of benzene rings is 1. The molecule has 0 atom stereocenters. The number of anilines is 2. The highest BCUT2D eigenvalue weighted by Crippen LogP contribution is 2.27. The SMILES string of the molecule is Cc1cc(N2CCN(S(=O)(=O)c3cccc4nsnc34)CC2)nc(NC2CCCCC2)n1. The zero-order chi connectivity index (χ0) is 22.1. The second-order valence-electron chi connectivity index (χ2n) is 8.45. The average molecular weight is 474 g/mol. The minimum absolute atomic E-state index is 0.231. The first kappa shape index (κ1) is 21.5. The molecule has 1 saturated carbocycles. The van der Waals surface area contributed by atoms with E-state index in [1.54, 1.807) is 18.2 Å². The molecule has 1 aromatic carbocycles. The van der Waals surface area contributed by atoms with Crippen LogP contribution in [0.25, 0.3) is 11.0 Å². The maximum Gasteiger partial charge on any atom is 0.245 e. The second-order valence-corrected chi connectivity index (χ2v) is 10.9. The van der Waals surface area contributed by atoms with Crippen molar-refractivity contribution in [3.05, 3.63) is 30.0 Å². The van der Waals surface area contributed by atoms with Crippen molar-refractivity contribution in [3.63, 3.8) is 0 Å². The number of hydrogen-bond donors (Lipinski definition) is 1. The second kappa shape index (κ2) is 8.87. The lowest BCUT2D eigenvalue weighted by Gasteiger charge is -2.35. The summed E-state index contributed by atoms with van der Waals surface area (Å²) in [5.41, 5.74) is 1.97. The summed E-state index contributed by atoms with van der Waals surface area (Å²) in [6.07, 6.45) is 6.11. The lowest BCUT2D eigenvalue weighted by Crippen LogP contribution is -2.49. The number of aromatic nitrogens is 4. The predicted octanol–water partition coefficient (Wildman–Crippen LogP) is 3.05. The van der Waals surface area contributed by atoms with Gasteiger partial charge in [-0.15, -0.1) is 0 Å². The number of sulfonamides is 1. The maximum absolute atomic E-state index is 13.3. The zero-order valence-electron chi connectivity index (χ0n) is 18.1. The maximum atomic E-state index is 13.3. The molecule has 11 heteroatoms. The third-order valence-electron chi connectivity index (χ3n) is 6.21. The largest absolute Gasteiger partial charge is 0.354 e. The van der Waals surface area contributed by atoms with Crippen LogP contribution in [0.5, 0.6) is 0 Å². The molecule has 3 aromatic rings. The van der Waals surface area contributed by atoms with Gasteiger partial charge in [-0.05, 0) is 31.9 Å². The Bertz CT molecular complexity index is 1200. The van der Waals surface area contributed by atoms with E-state index in [1.165, 1.54) is 23.6 Å². The van der Waals surface area contributed by atoms with E-state index in [0.29, 0.717) is 49.2 Å². The number of nitrogens with one attached hydrogen (secondary N) is 1. The molecule has 5 rings (SSSR count). The summed E-state index contributed by atoms with van der Waals surface area (Å²) in [7, 11) is -3.63. The Labute approximate surface area is 192 Å². The van der Waals surface area contributed by atoms with Crippen molar-refractivity contribution in [2.75, 3.05) is 36.4 Å². The number of piperazine rings is 1. The minimum atomic E-state index is -3.63. The Kier molecular flexibility index (Phi) is 5.95. The molecule has 1 N–H and O–H groups in total. The molecule has 1 aliphatic heterocycles. The van der Waals surface area contributed by atoms with E-state index in [9.17, 15) is 8.42 Å². The molecule has 0 amide bonds. The predicted molar refractivity (Wildman–Crippen MR) is 126 cm³/mol. The Balaban J connectivity index is 1.30. The van der Waals surface area contributed by atoms with Crippen molar-refractivity contribution < 1.29 is 8.42 Å². The molecular formula is C21H27N7O2S2. The number of rotatable bonds is 5. The molecule has 1 saturated heterocycles. The van der Waals surface area contributed by atoms with Crippen LogP contribution in [0.2, 0.25) is 0 Å². The minimum Gasteiger partial charge on any atom is -0.354 e. The molecule has 2 aliphatic rings. The lowest BCUT2D eigenvalue weighted by atomic mass is 9.96. The first-order valence-corrected chi connectivity index (χ1v) is 13.3. The topological polar surface area (TPSA) is 104 Å². The highest BCUT2D eigenvalue weighted by atomic mass is 32.2. The number of hydrogen-bond acceptors (Lipinski definition) is 9. The smallest absolute Gasteiger partial charge is 0.245 e. The van der Waals surface area contributed by atoms with Gasteiger partial charge in [-0.25, -0.2) is 13.4 Å². The Hall–Kier alpha value is -2.37. The summed E-state index contributed by atoms with van der Waals surface area (Å²) in [6.45, 7) is 3.91. The van der Waals surface area contributed by atoms with Gasteiger partial charge in [0.2, 0.25) is 16.0 Å². The highest BCUT2D eigenvalue weighted by molar-refractivity contribution is 7.89. The molecule has 9 nitrogen and oxygen atoms in total. The average Bonchev–Trinajstić information content (AvgIpc) is 3.28. The normalized spacial score (nSPS) is 18.8. The van der Waals surface area contributed by atoms with Crippen molar-refractivity contribution in [3.8, 4) is 0 Å². The standard InChI is InChI=1S/C21H27N7O2S2/c1-15-14-19(24-21(22-15)23-16-6-3-2-4-7-16)27-10-12-28(13-11-27)32(29,30)18-9-5-8-17-20(18)26-31-25-17/h5,8-9,14,16H,2-4,6-7,10-13H2,1H3,(H,22,23,24). The third kappa shape index (κ3) is 4.28. The number of aryl methyl sites for hydroxylation is 1. The Morgan fingerprint density at radius 1 is 1.03 bits per heavy atom. The van der Waals surface area contributed by atoms with E-state index >= 15 is 0 Å². The first-order chi connectivity index (χ1) is 15.5. The van der Waals surface area contributed by atoms with E-state index in [1.807, 2.05) is 13.0 Å². The van der Waals surface area contributed by atoms with Crippen molar-refractivity contribution in [2.45, 2.75) is 50.0 Å². The van der Waals surface area contributed by atoms with Crippen LogP contribution in [-0.4, -0.2) is 63.7 Å². The summed E-state index contributed by atoms with van der Waals surface area (Å²) in [5.74, 6) is 1.52. The Morgan fingerprint density at radius 2 is 1.81 bits per heavy atom.